The zero-order chi connectivity index (χ0) is 14.0. The third-order valence-corrected chi connectivity index (χ3v) is 4.76. The van der Waals surface area contributed by atoms with E-state index >= 15 is 0 Å². The maximum Gasteiger partial charge on any atom is 0.124 e. The third kappa shape index (κ3) is 2.71. The van der Waals surface area contributed by atoms with E-state index in [-0.39, 0.29) is 5.84 Å². The summed E-state index contributed by atoms with van der Waals surface area (Å²) >= 11 is 6.01. The van der Waals surface area contributed by atoms with Gasteiger partial charge in [-0.1, -0.05) is 25.4 Å². The van der Waals surface area contributed by atoms with Crippen molar-refractivity contribution in [3.05, 3.63) is 28.8 Å². The van der Waals surface area contributed by atoms with Crippen LogP contribution >= 0.6 is 11.6 Å². The minimum absolute atomic E-state index is 0.0861. The van der Waals surface area contributed by atoms with Gasteiger partial charge in [0, 0.05) is 29.4 Å². The Morgan fingerprint density at radius 2 is 2.11 bits per heavy atom. The highest BCUT2D eigenvalue weighted by atomic mass is 35.5. The molecule has 2 rings (SSSR count). The number of hydrogen-bond acceptors (Lipinski definition) is 2. The molecule has 0 atom stereocenters. The van der Waals surface area contributed by atoms with E-state index in [1.807, 2.05) is 12.1 Å². The summed E-state index contributed by atoms with van der Waals surface area (Å²) in [5.41, 5.74) is 7.88. The fourth-order valence-corrected chi connectivity index (χ4v) is 3.14. The second-order valence-corrected chi connectivity index (χ2v) is 5.89. The highest BCUT2D eigenvalue weighted by Gasteiger charge is 2.35. The highest BCUT2D eigenvalue weighted by Crippen LogP contribution is 2.40. The minimum atomic E-state index is 0.0861. The molecular weight excluding hydrogens is 258 g/mol. The van der Waals surface area contributed by atoms with Gasteiger partial charge in [0.25, 0.3) is 0 Å². The number of nitrogen functional groups attached to an aromatic ring is 1. The Morgan fingerprint density at radius 3 is 2.63 bits per heavy atom. The summed E-state index contributed by atoms with van der Waals surface area (Å²) in [6.07, 6.45) is 3.60. The van der Waals surface area contributed by atoms with Crippen LogP contribution in [0.1, 0.15) is 38.7 Å². The Balaban J connectivity index is 2.31. The first-order valence-corrected chi connectivity index (χ1v) is 7.28. The molecule has 0 amide bonds. The SMILES string of the molecule is CCC1(CC)CCN(c2ccc(Cl)cc2C(=N)N)C1. The summed E-state index contributed by atoms with van der Waals surface area (Å²) in [7, 11) is 0. The van der Waals surface area contributed by atoms with Crippen molar-refractivity contribution in [2.75, 3.05) is 18.0 Å². The summed E-state index contributed by atoms with van der Waals surface area (Å²) in [6.45, 7) is 6.60. The van der Waals surface area contributed by atoms with Crippen LogP contribution in [0.15, 0.2) is 18.2 Å². The monoisotopic (exact) mass is 279 g/mol. The molecule has 0 aliphatic carbocycles. The average Bonchev–Trinajstić information content (AvgIpc) is 2.83. The van der Waals surface area contributed by atoms with Gasteiger partial charge in [-0.05, 0) is 42.9 Å². The van der Waals surface area contributed by atoms with Crippen molar-refractivity contribution < 1.29 is 0 Å². The normalized spacial score (nSPS) is 17.7. The van der Waals surface area contributed by atoms with Crippen LogP contribution in [0.25, 0.3) is 0 Å². The van der Waals surface area contributed by atoms with Crippen molar-refractivity contribution >= 4 is 23.1 Å². The number of rotatable bonds is 4. The van der Waals surface area contributed by atoms with Crippen molar-refractivity contribution in [2.45, 2.75) is 33.1 Å². The van der Waals surface area contributed by atoms with Crippen molar-refractivity contribution in [3.8, 4) is 0 Å². The highest BCUT2D eigenvalue weighted by molar-refractivity contribution is 6.31. The number of amidine groups is 1. The summed E-state index contributed by atoms with van der Waals surface area (Å²) in [5, 5.41) is 8.35. The van der Waals surface area contributed by atoms with E-state index in [4.69, 9.17) is 22.7 Å². The van der Waals surface area contributed by atoms with E-state index < -0.39 is 0 Å². The Bertz CT molecular complexity index is 480. The van der Waals surface area contributed by atoms with Crippen LogP contribution in [0.4, 0.5) is 5.69 Å². The molecule has 0 aromatic heterocycles. The number of anilines is 1. The molecule has 0 unspecified atom stereocenters. The summed E-state index contributed by atoms with van der Waals surface area (Å²) in [6, 6.07) is 5.65. The lowest BCUT2D eigenvalue weighted by atomic mass is 9.82. The van der Waals surface area contributed by atoms with Gasteiger partial charge in [-0.25, -0.2) is 0 Å². The van der Waals surface area contributed by atoms with Gasteiger partial charge in [-0.15, -0.1) is 0 Å². The molecule has 4 heteroatoms. The van der Waals surface area contributed by atoms with Crippen molar-refractivity contribution in [1.82, 2.24) is 0 Å². The molecule has 104 valence electrons. The maximum atomic E-state index is 7.72. The quantitative estimate of drug-likeness (QED) is 0.653. The third-order valence-electron chi connectivity index (χ3n) is 4.53. The molecule has 0 radical (unpaired) electrons. The lowest BCUT2D eigenvalue weighted by Gasteiger charge is -2.28. The topological polar surface area (TPSA) is 53.1 Å². The van der Waals surface area contributed by atoms with Crippen LogP contribution in [0.5, 0.6) is 0 Å². The Morgan fingerprint density at radius 1 is 1.42 bits per heavy atom. The fraction of sp³-hybridized carbons (Fsp3) is 0.533. The number of nitrogens with zero attached hydrogens (tertiary/aromatic N) is 1. The Hall–Kier alpha value is -1.22. The summed E-state index contributed by atoms with van der Waals surface area (Å²) < 4.78 is 0. The average molecular weight is 280 g/mol. The van der Waals surface area contributed by atoms with E-state index in [0.29, 0.717) is 10.4 Å². The van der Waals surface area contributed by atoms with E-state index in [9.17, 15) is 0 Å². The van der Waals surface area contributed by atoms with Gasteiger partial charge in [0.05, 0.1) is 0 Å². The van der Waals surface area contributed by atoms with Crippen molar-refractivity contribution in [1.29, 1.82) is 5.41 Å². The summed E-state index contributed by atoms with van der Waals surface area (Å²) in [5.74, 6) is 0.0861. The number of nitrogens with two attached hydrogens (primary N) is 1. The molecule has 1 aliphatic heterocycles. The molecule has 1 aromatic rings. The zero-order valence-corrected chi connectivity index (χ0v) is 12.4. The number of halogens is 1. The standard InChI is InChI=1S/C15H22ClN3/c1-3-15(4-2)7-8-19(10-15)13-6-5-11(16)9-12(13)14(17)18/h5-6,9H,3-4,7-8,10H2,1-2H3,(H3,17,18). The first-order chi connectivity index (χ1) is 9.01. The molecule has 1 fully saturated rings. The van der Waals surface area contributed by atoms with E-state index in [1.54, 1.807) is 6.07 Å². The molecule has 0 spiro atoms. The molecular formula is C15H22ClN3. The largest absolute Gasteiger partial charge is 0.384 e. The first-order valence-electron chi connectivity index (χ1n) is 6.90. The second-order valence-electron chi connectivity index (χ2n) is 5.45. The van der Waals surface area contributed by atoms with Gasteiger partial charge in [0.15, 0.2) is 0 Å². The van der Waals surface area contributed by atoms with Crippen LogP contribution in [-0.2, 0) is 0 Å². The molecule has 19 heavy (non-hydrogen) atoms. The van der Waals surface area contributed by atoms with Gasteiger partial charge < -0.3 is 10.6 Å². The molecule has 1 aromatic carbocycles. The van der Waals surface area contributed by atoms with Crippen LogP contribution in [0, 0.1) is 10.8 Å². The maximum absolute atomic E-state index is 7.72. The van der Waals surface area contributed by atoms with Gasteiger partial charge >= 0.3 is 0 Å². The molecule has 1 saturated heterocycles. The first kappa shape index (κ1) is 14.2. The number of benzene rings is 1. The Labute approximate surface area is 120 Å². The minimum Gasteiger partial charge on any atom is -0.384 e. The van der Waals surface area contributed by atoms with E-state index in [1.165, 1.54) is 19.3 Å². The predicted octanol–water partition coefficient (Wildman–Crippen LogP) is 3.64. The lowest BCUT2D eigenvalue weighted by Crippen LogP contribution is -2.28. The van der Waals surface area contributed by atoms with Crippen molar-refractivity contribution in [2.24, 2.45) is 11.1 Å². The molecule has 0 saturated carbocycles. The fourth-order valence-electron chi connectivity index (χ4n) is 2.97. The van der Waals surface area contributed by atoms with Gasteiger partial charge in [-0.2, -0.15) is 0 Å². The molecule has 3 nitrogen and oxygen atoms in total. The molecule has 1 heterocycles. The smallest absolute Gasteiger partial charge is 0.124 e. The lowest BCUT2D eigenvalue weighted by molar-refractivity contribution is 0.301. The van der Waals surface area contributed by atoms with Crippen molar-refractivity contribution in [3.63, 3.8) is 0 Å². The van der Waals surface area contributed by atoms with Gasteiger partial charge in [0.2, 0.25) is 0 Å². The molecule has 1 aliphatic rings. The van der Waals surface area contributed by atoms with Crippen LogP contribution in [0.3, 0.4) is 0 Å². The van der Waals surface area contributed by atoms with Crippen LogP contribution < -0.4 is 10.6 Å². The number of nitrogens with one attached hydrogen (secondary N) is 1. The Kier molecular flexibility index (Phi) is 4.04. The van der Waals surface area contributed by atoms with E-state index in [0.717, 1.165) is 24.3 Å². The zero-order valence-electron chi connectivity index (χ0n) is 11.7. The second kappa shape index (κ2) is 5.41. The molecule has 0 bridgehead atoms. The van der Waals surface area contributed by atoms with Gasteiger partial charge in [-0.3, -0.25) is 5.41 Å². The van der Waals surface area contributed by atoms with E-state index in [2.05, 4.69) is 18.7 Å². The van der Waals surface area contributed by atoms with Crippen LogP contribution in [-0.4, -0.2) is 18.9 Å². The predicted molar refractivity (Wildman–Crippen MR) is 82.3 cm³/mol. The molecule has 3 N–H and O–H groups in total. The summed E-state index contributed by atoms with van der Waals surface area (Å²) in [4.78, 5) is 2.35. The number of hydrogen-bond donors (Lipinski definition) is 2. The van der Waals surface area contributed by atoms with Gasteiger partial charge in [0.1, 0.15) is 5.84 Å². The van der Waals surface area contributed by atoms with Crippen LogP contribution in [0.2, 0.25) is 5.02 Å².